The second-order valence-electron chi connectivity index (χ2n) is 9.00. The van der Waals surface area contributed by atoms with E-state index in [4.69, 9.17) is 26.1 Å². The SMILES string of the molecule is COc1cnc(-c2cc(Cl)ccc2F)cc1Nc1cn[nH]c1-c1nc2ccc(CN3CCOCC3)cc2[nH]1. The largest absolute Gasteiger partial charge is 0.493 e. The number of aromatic amines is 2. The van der Waals surface area contributed by atoms with Gasteiger partial charge in [-0.1, -0.05) is 17.7 Å². The van der Waals surface area contributed by atoms with Crippen LogP contribution < -0.4 is 10.1 Å². The molecule has 0 spiro atoms. The van der Waals surface area contributed by atoms with Gasteiger partial charge in [-0.05, 0) is 42.0 Å². The Hall–Kier alpha value is -3.99. The number of hydrogen-bond acceptors (Lipinski definition) is 7. The van der Waals surface area contributed by atoms with Crippen molar-refractivity contribution >= 4 is 34.0 Å². The number of nitrogens with zero attached hydrogens (tertiary/aromatic N) is 4. The number of imidazole rings is 1. The number of hydrogen-bond donors (Lipinski definition) is 3. The number of morpholine rings is 1. The lowest BCUT2D eigenvalue weighted by molar-refractivity contribution is 0.0342. The van der Waals surface area contributed by atoms with Crippen LogP contribution in [0, 0.1) is 5.82 Å². The van der Waals surface area contributed by atoms with E-state index >= 15 is 0 Å². The van der Waals surface area contributed by atoms with Crippen molar-refractivity contribution in [2.75, 3.05) is 38.7 Å². The summed E-state index contributed by atoms with van der Waals surface area (Å²) in [6.07, 6.45) is 3.20. The van der Waals surface area contributed by atoms with Gasteiger partial charge >= 0.3 is 0 Å². The average Bonchev–Trinajstić information content (AvgIpc) is 3.57. The number of nitrogens with one attached hydrogen (secondary N) is 3. The molecule has 6 rings (SSSR count). The molecule has 0 unspecified atom stereocenters. The van der Waals surface area contributed by atoms with Gasteiger partial charge in [-0.15, -0.1) is 0 Å². The van der Waals surface area contributed by atoms with Crippen LogP contribution in [0.1, 0.15) is 5.56 Å². The Morgan fingerprint density at radius 3 is 2.82 bits per heavy atom. The number of rotatable bonds is 7. The number of benzene rings is 2. The van der Waals surface area contributed by atoms with Crippen LogP contribution in [-0.2, 0) is 11.3 Å². The van der Waals surface area contributed by atoms with Crippen LogP contribution in [0.15, 0.2) is 54.9 Å². The van der Waals surface area contributed by atoms with Crippen LogP contribution in [0.5, 0.6) is 5.75 Å². The maximum Gasteiger partial charge on any atom is 0.160 e. The van der Waals surface area contributed by atoms with Crippen LogP contribution in [0.3, 0.4) is 0 Å². The molecule has 1 fully saturated rings. The second kappa shape index (κ2) is 10.4. The zero-order chi connectivity index (χ0) is 26.1. The lowest BCUT2D eigenvalue weighted by atomic mass is 10.1. The lowest BCUT2D eigenvalue weighted by Gasteiger charge is -2.26. The Morgan fingerprint density at radius 2 is 1.97 bits per heavy atom. The van der Waals surface area contributed by atoms with Crippen molar-refractivity contribution in [3.05, 3.63) is 71.3 Å². The number of halogens is 2. The van der Waals surface area contributed by atoms with Crippen molar-refractivity contribution in [2.45, 2.75) is 6.54 Å². The summed E-state index contributed by atoms with van der Waals surface area (Å²) < 4.78 is 25.5. The lowest BCUT2D eigenvalue weighted by Crippen LogP contribution is -2.35. The topological polar surface area (TPSA) is 104 Å². The molecule has 9 nitrogen and oxygen atoms in total. The van der Waals surface area contributed by atoms with Crippen LogP contribution in [-0.4, -0.2) is 63.5 Å². The molecule has 2 aromatic carbocycles. The fraction of sp³-hybridized carbons (Fsp3) is 0.222. The minimum absolute atomic E-state index is 0.292. The molecule has 3 aromatic heterocycles. The summed E-state index contributed by atoms with van der Waals surface area (Å²) in [7, 11) is 1.55. The Kier molecular flexibility index (Phi) is 6.67. The molecule has 4 heterocycles. The first-order valence-corrected chi connectivity index (χ1v) is 12.5. The molecule has 0 saturated carbocycles. The van der Waals surface area contributed by atoms with Crippen molar-refractivity contribution in [1.82, 2.24) is 30.0 Å². The van der Waals surface area contributed by atoms with Crippen molar-refractivity contribution < 1.29 is 13.9 Å². The quantitative estimate of drug-likeness (QED) is 0.257. The molecule has 0 atom stereocenters. The molecule has 11 heteroatoms. The van der Waals surface area contributed by atoms with Crippen molar-refractivity contribution in [2.24, 2.45) is 0 Å². The minimum atomic E-state index is -0.419. The van der Waals surface area contributed by atoms with Gasteiger partial charge in [0.1, 0.15) is 11.5 Å². The van der Waals surface area contributed by atoms with E-state index in [1.165, 1.54) is 23.9 Å². The molecular weight excluding hydrogens is 509 g/mol. The average molecular weight is 534 g/mol. The van der Waals surface area contributed by atoms with E-state index in [0.29, 0.717) is 44.9 Å². The predicted molar refractivity (Wildman–Crippen MR) is 144 cm³/mol. The van der Waals surface area contributed by atoms with Crippen LogP contribution in [0.4, 0.5) is 15.8 Å². The Balaban J connectivity index is 1.29. The Labute approximate surface area is 223 Å². The molecule has 1 aliphatic rings. The van der Waals surface area contributed by atoms with Crippen molar-refractivity contribution in [3.8, 4) is 28.5 Å². The first-order chi connectivity index (χ1) is 18.6. The fourth-order valence-corrected chi connectivity index (χ4v) is 4.71. The predicted octanol–water partition coefficient (Wildman–Crippen LogP) is 5.39. The number of H-pyrrole nitrogens is 2. The highest BCUT2D eigenvalue weighted by atomic mass is 35.5. The van der Waals surface area contributed by atoms with Crippen LogP contribution >= 0.6 is 11.6 Å². The van der Waals surface area contributed by atoms with Gasteiger partial charge in [0, 0.05) is 30.2 Å². The van der Waals surface area contributed by atoms with Crippen molar-refractivity contribution in [1.29, 1.82) is 0 Å². The third-order valence-electron chi connectivity index (χ3n) is 6.49. The summed E-state index contributed by atoms with van der Waals surface area (Å²) in [6.45, 7) is 4.26. The first kappa shape index (κ1) is 24.4. The molecule has 1 saturated heterocycles. The standard InChI is InChI=1S/C27H25ClFN7O2/c1-37-25-14-30-21(18-11-17(28)3-4-19(18)29)12-23(25)32-24-13-31-35-26(24)27-33-20-5-2-16(10-22(20)34-27)15-36-6-8-38-9-7-36/h2-5,10-14H,6-9,15H2,1H3,(H,30,32)(H,31,35)(H,33,34). The number of pyridine rings is 1. The molecule has 0 aliphatic carbocycles. The Morgan fingerprint density at radius 1 is 1.11 bits per heavy atom. The van der Waals surface area contributed by atoms with E-state index < -0.39 is 5.82 Å². The smallest absolute Gasteiger partial charge is 0.160 e. The summed E-state index contributed by atoms with van der Waals surface area (Å²) in [6, 6.07) is 12.3. The number of ether oxygens (including phenoxy) is 2. The Bertz CT molecular complexity index is 1600. The molecule has 194 valence electrons. The highest BCUT2D eigenvalue weighted by Gasteiger charge is 2.17. The van der Waals surface area contributed by atoms with E-state index in [1.807, 2.05) is 6.07 Å². The van der Waals surface area contributed by atoms with E-state index in [1.54, 1.807) is 25.4 Å². The van der Waals surface area contributed by atoms with Crippen LogP contribution in [0.2, 0.25) is 5.02 Å². The summed E-state index contributed by atoms with van der Waals surface area (Å²) in [5, 5.41) is 11.0. The van der Waals surface area contributed by atoms with Gasteiger partial charge in [0.15, 0.2) is 11.6 Å². The van der Waals surface area contributed by atoms with Gasteiger partial charge in [-0.2, -0.15) is 5.10 Å². The minimum Gasteiger partial charge on any atom is -0.493 e. The molecule has 5 aromatic rings. The first-order valence-electron chi connectivity index (χ1n) is 12.2. The monoisotopic (exact) mass is 533 g/mol. The summed E-state index contributed by atoms with van der Waals surface area (Å²) in [4.78, 5) is 14.9. The summed E-state index contributed by atoms with van der Waals surface area (Å²) in [5.74, 6) is 0.704. The molecule has 0 amide bonds. The van der Waals surface area contributed by atoms with Gasteiger partial charge in [0.05, 0.1) is 60.8 Å². The second-order valence-corrected chi connectivity index (χ2v) is 9.44. The van der Waals surface area contributed by atoms with E-state index in [2.05, 4.69) is 42.5 Å². The zero-order valence-electron chi connectivity index (χ0n) is 20.6. The molecule has 38 heavy (non-hydrogen) atoms. The highest BCUT2D eigenvalue weighted by Crippen LogP contribution is 2.35. The number of anilines is 2. The third-order valence-corrected chi connectivity index (χ3v) is 6.73. The molecule has 3 N–H and O–H groups in total. The highest BCUT2D eigenvalue weighted by molar-refractivity contribution is 6.30. The van der Waals surface area contributed by atoms with Gasteiger partial charge < -0.3 is 19.8 Å². The number of fused-ring (bicyclic) bond motifs is 1. The van der Waals surface area contributed by atoms with E-state index in [9.17, 15) is 4.39 Å². The van der Waals surface area contributed by atoms with E-state index in [-0.39, 0.29) is 0 Å². The maximum absolute atomic E-state index is 14.5. The molecule has 0 radical (unpaired) electrons. The van der Waals surface area contributed by atoms with Crippen LogP contribution in [0.25, 0.3) is 33.8 Å². The molecular formula is C27H25ClFN7O2. The molecule has 0 bridgehead atoms. The van der Waals surface area contributed by atoms with Gasteiger partial charge in [0.25, 0.3) is 0 Å². The number of aromatic nitrogens is 5. The zero-order valence-corrected chi connectivity index (χ0v) is 21.3. The van der Waals surface area contributed by atoms with Gasteiger partial charge in [-0.3, -0.25) is 15.0 Å². The number of methoxy groups -OCH3 is 1. The normalized spacial score (nSPS) is 14.2. The molecule has 1 aliphatic heterocycles. The summed E-state index contributed by atoms with van der Waals surface area (Å²) in [5.41, 5.74) is 5.63. The van der Waals surface area contributed by atoms with Gasteiger partial charge in [-0.25, -0.2) is 9.37 Å². The van der Waals surface area contributed by atoms with Gasteiger partial charge in [0.2, 0.25) is 0 Å². The van der Waals surface area contributed by atoms with E-state index in [0.717, 1.165) is 43.9 Å². The maximum atomic E-state index is 14.5. The van der Waals surface area contributed by atoms with Crippen molar-refractivity contribution in [3.63, 3.8) is 0 Å². The third kappa shape index (κ3) is 4.93. The fourth-order valence-electron chi connectivity index (χ4n) is 4.54. The summed E-state index contributed by atoms with van der Waals surface area (Å²) >= 11 is 6.10.